The molecular formula is C20H24ClNO5. The van der Waals surface area contributed by atoms with Gasteiger partial charge in [-0.3, -0.25) is 0 Å². The quantitative estimate of drug-likeness (QED) is 0.597. The van der Waals surface area contributed by atoms with Crippen LogP contribution in [0.2, 0.25) is 5.02 Å². The van der Waals surface area contributed by atoms with Gasteiger partial charge in [-0.05, 0) is 42.0 Å². The highest BCUT2D eigenvalue weighted by Gasteiger charge is 2.34. The first-order valence-electron chi connectivity index (χ1n) is 8.47. The molecule has 4 atom stereocenters. The molecule has 0 aliphatic rings. The zero-order valence-electron chi connectivity index (χ0n) is 15.4. The Bertz CT molecular complexity index is 735. The van der Waals surface area contributed by atoms with E-state index in [-0.39, 0.29) is 0 Å². The normalized spacial score (nSPS) is 15.3. The molecule has 2 rings (SSSR count). The van der Waals surface area contributed by atoms with Crippen molar-refractivity contribution in [3.63, 3.8) is 0 Å². The highest BCUT2D eigenvalue weighted by Crippen LogP contribution is 2.31. The zero-order valence-corrected chi connectivity index (χ0v) is 16.2. The number of methoxy groups -OCH3 is 2. The molecule has 0 saturated carbocycles. The van der Waals surface area contributed by atoms with Gasteiger partial charge in [0.1, 0.15) is 5.75 Å². The van der Waals surface area contributed by atoms with E-state index in [0.717, 1.165) is 24.1 Å². The Balaban J connectivity index is 2.30. The van der Waals surface area contributed by atoms with Crippen LogP contribution in [0.3, 0.4) is 0 Å². The lowest BCUT2D eigenvalue weighted by molar-refractivity contribution is -0.158. The summed E-state index contributed by atoms with van der Waals surface area (Å²) in [6.45, 7) is 1.74. The number of halogens is 1. The molecule has 7 heteroatoms. The molecule has 0 spiro atoms. The van der Waals surface area contributed by atoms with Crippen molar-refractivity contribution in [3.8, 4) is 5.75 Å². The molecule has 0 heterocycles. The van der Waals surface area contributed by atoms with Crippen LogP contribution in [-0.4, -0.2) is 42.6 Å². The second kappa shape index (κ2) is 9.60. The second-order valence-corrected chi connectivity index (χ2v) is 6.66. The number of aliphatic hydroxyl groups is 2. The van der Waals surface area contributed by atoms with E-state index >= 15 is 0 Å². The molecular weight excluding hydrogens is 370 g/mol. The third-order valence-electron chi connectivity index (χ3n) is 4.47. The lowest BCUT2D eigenvalue weighted by Gasteiger charge is -2.31. The fraction of sp³-hybridized carbons (Fsp3) is 0.350. The summed E-state index contributed by atoms with van der Waals surface area (Å²) in [5, 5.41) is 24.5. The molecule has 0 aromatic heterocycles. The number of benzene rings is 2. The number of hydrogen-bond acceptors (Lipinski definition) is 6. The number of hydrogen-bond donors (Lipinski definition) is 3. The summed E-state index contributed by atoms with van der Waals surface area (Å²) >= 11 is 5.98. The number of carbonyl (C=O) groups is 1. The van der Waals surface area contributed by atoms with Crippen LogP contribution in [0.1, 0.15) is 18.5 Å². The molecule has 27 heavy (non-hydrogen) atoms. The van der Waals surface area contributed by atoms with Gasteiger partial charge in [0, 0.05) is 16.6 Å². The predicted molar refractivity (Wildman–Crippen MR) is 104 cm³/mol. The van der Waals surface area contributed by atoms with Crippen LogP contribution in [0.4, 0.5) is 5.69 Å². The van der Waals surface area contributed by atoms with Crippen molar-refractivity contribution in [1.29, 1.82) is 0 Å². The van der Waals surface area contributed by atoms with Crippen molar-refractivity contribution in [3.05, 3.63) is 59.1 Å². The molecule has 2 aromatic carbocycles. The number of rotatable bonds is 8. The third kappa shape index (κ3) is 5.35. The fourth-order valence-corrected chi connectivity index (χ4v) is 2.93. The SMILES string of the molecule is COC(=O)[C@H](O)[C@@H](O)[C@@H](C)[C@H](Nc1ccc(OC)cc1)c1ccc(Cl)cc1. The van der Waals surface area contributed by atoms with Crippen LogP contribution in [0, 0.1) is 5.92 Å². The maximum atomic E-state index is 11.6. The van der Waals surface area contributed by atoms with Gasteiger partial charge in [0.25, 0.3) is 0 Å². The lowest BCUT2D eigenvalue weighted by atomic mass is 9.87. The first kappa shape index (κ1) is 21.0. The minimum Gasteiger partial charge on any atom is -0.497 e. The Labute approximate surface area is 163 Å². The number of aliphatic hydroxyl groups excluding tert-OH is 2. The Hall–Kier alpha value is -2.28. The summed E-state index contributed by atoms with van der Waals surface area (Å²) in [6, 6.07) is 14.1. The maximum Gasteiger partial charge on any atom is 0.337 e. The Kier molecular flexibility index (Phi) is 7.47. The molecule has 6 nitrogen and oxygen atoms in total. The van der Waals surface area contributed by atoms with Gasteiger partial charge >= 0.3 is 5.97 Å². The minimum atomic E-state index is -1.64. The van der Waals surface area contributed by atoms with Crippen molar-refractivity contribution in [2.24, 2.45) is 5.92 Å². The maximum absolute atomic E-state index is 11.6. The summed E-state index contributed by atoms with van der Waals surface area (Å²) in [5.74, 6) is -0.686. The molecule has 146 valence electrons. The van der Waals surface area contributed by atoms with Gasteiger partial charge < -0.3 is 25.0 Å². The molecule has 0 bridgehead atoms. The smallest absolute Gasteiger partial charge is 0.337 e. The lowest BCUT2D eigenvalue weighted by Crippen LogP contribution is -2.42. The standard InChI is InChI=1S/C20H24ClNO5/c1-12(18(23)19(24)20(25)27-3)17(13-4-6-14(21)7-5-13)22-15-8-10-16(26-2)11-9-15/h4-12,17-19,22-24H,1-3H3/t12-,17-,18-,19+/m0/s1. The highest BCUT2D eigenvalue weighted by molar-refractivity contribution is 6.30. The molecule has 3 N–H and O–H groups in total. The number of ether oxygens (including phenoxy) is 2. The van der Waals surface area contributed by atoms with Gasteiger partial charge in [-0.2, -0.15) is 0 Å². The molecule has 0 amide bonds. The average Bonchev–Trinajstić information content (AvgIpc) is 2.71. The molecule has 0 radical (unpaired) electrons. The van der Waals surface area contributed by atoms with Crippen molar-refractivity contribution >= 4 is 23.3 Å². The van der Waals surface area contributed by atoms with Crippen LogP contribution in [0.15, 0.2) is 48.5 Å². The Morgan fingerprint density at radius 3 is 2.15 bits per heavy atom. The van der Waals surface area contributed by atoms with Crippen molar-refractivity contribution in [1.82, 2.24) is 0 Å². The fourth-order valence-electron chi connectivity index (χ4n) is 2.80. The average molecular weight is 394 g/mol. The molecule has 2 aromatic rings. The van der Waals surface area contributed by atoms with Gasteiger partial charge in [-0.15, -0.1) is 0 Å². The van der Waals surface area contributed by atoms with Crippen molar-refractivity contribution in [2.75, 3.05) is 19.5 Å². The van der Waals surface area contributed by atoms with Gasteiger partial charge in [0.15, 0.2) is 6.10 Å². The number of anilines is 1. The second-order valence-electron chi connectivity index (χ2n) is 6.22. The number of carbonyl (C=O) groups excluding carboxylic acids is 1. The van der Waals surface area contributed by atoms with Gasteiger partial charge in [0.05, 0.1) is 26.4 Å². The summed E-state index contributed by atoms with van der Waals surface area (Å²) in [5.41, 5.74) is 1.64. The Morgan fingerprint density at radius 2 is 1.63 bits per heavy atom. The van der Waals surface area contributed by atoms with Gasteiger partial charge in [-0.25, -0.2) is 4.79 Å². The summed E-state index contributed by atoms with van der Waals surface area (Å²) in [6.07, 6.45) is -2.97. The third-order valence-corrected chi connectivity index (χ3v) is 4.72. The van der Waals surface area contributed by atoms with E-state index in [1.807, 2.05) is 36.4 Å². The van der Waals surface area contributed by atoms with Crippen LogP contribution in [-0.2, 0) is 9.53 Å². The van der Waals surface area contributed by atoms with E-state index in [0.29, 0.717) is 5.02 Å². The molecule has 0 unspecified atom stereocenters. The topological polar surface area (TPSA) is 88.0 Å². The number of esters is 1. The Morgan fingerprint density at radius 1 is 1.04 bits per heavy atom. The number of nitrogens with one attached hydrogen (secondary N) is 1. The van der Waals surface area contributed by atoms with Crippen LogP contribution >= 0.6 is 11.6 Å². The molecule has 0 aliphatic heterocycles. The molecule has 0 saturated heterocycles. The van der Waals surface area contributed by atoms with E-state index < -0.39 is 30.1 Å². The zero-order chi connectivity index (χ0) is 20.0. The molecule has 0 aliphatic carbocycles. The van der Waals surface area contributed by atoms with Crippen LogP contribution in [0.5, 0.6) is 5.75 Å². The summed E-state index contributed by atoms with van der Waals surface area (Å²) in [7, 11) is 2.75. The van der Waals surface area contributed by atoms with Crippen LogP contribution in [0.25, 0.3) is 0 Å². The van der Waals surface area contributed by atoms with E-state index in [4.69, 9.17) is 16.3 Å². The first-order valence-corrected chi connectivity index (χ1v) is 8.85. The largest absolute Gasteiger partial charge is 0.497 e. The summed E-state index contributed by atoms with van der Waals surface area (Å²) in [4.78, 5) is 11.6. The summed E-state index contributed by atoms with van der Waals surface area (Å²) < 4.78 is 9.69. The highest BCUT2D eigenvalue weighted by atomic mass is 35.5. The van der Waals surface area contributed by atoms with E-state index in [1.54, 1.807) is 26.2 Å². The van der Waals surface area contributed by atoms with E-state index in [9.17, 15) is 15.0 Å². The minimum absolute atomic E-state index is 0.398. The molecule has 0 fully saturated rings. The monoisotopic (exact) mass is 393 g/mol. The van der Waals surface area contributed by atoms with Gasteiger partial charge in [0.2, 0.25) is 0 Å². The van der Waals surface area contributed by atoms with Crippen LogP contribution < -0.4 is 10.1 Å². The van der Waals surface area contributed by atoms with E-state index in [1.165, 1.54) is 0 Å². The van der Waals surface area contributed by atoms with Crippen molar-refractivity contribution < 1.29 is 24.5 Å². The van der Waals surface area contributed by atoms with Gasteiger partial charge in [-0.1, -0.05) is 30.7 Å². The van der Waals surface area contributed by atoms with E-state index in [2.05, 4.69) is 10.1 Å². The first-order chi connectivity index (χ1) is 12.9. The van der Waals surface area contributed by atoms with Crippen molar-refractivity contribution in [2.45, 2.75) is 25.2 Å². The predicted octanol–water partition coefficient (Wildman–Crippen LogP) is 3.03.